The number of fused-ring (bicyclic) bond motifs is 1. The van der Waals surface area contributed by atoms with Gasteiger partial charge in [-0.15, -0.1) is 0 Å². The van der Waals surface area contributed by atoms with E-state index in [1.165, 1.54) is 0 Å². The highest BCUT2D eigenvalue weighted by atomic mass is 16.5. The van der Waals surface area contributed by atoms with Crippen LogP contribution in [0, 0.1) is 13.8 Å². The summed E-state index contributed by atoms with van der Waals surface area (Å²) in [5.41, 5.74) is 5.59. The van der Waals surface area contributed by atoms with Crippen LogP contribution in [0.1, 0.15) is 55.4 Å². The molecular formula is C25H29NO4. The molecule has 1 amide bonds. The van der Waals surface area contributed by atoms with Crippen LogP contribution in [0.4, 0.5) is 5.69 Å². The maximum Gasteiger partial charge on any atom is 0.311 e. The van der Waals surface area contributed by atoms with Crippen molar-refractivity contribution in [3.8, 4) is 0 Å². The average Bonchev–Trinajstić information content (AvgIpc) is 3.09. The topological polar surface area (TPSA) is 68.5 Å². The lowest BCUT2D eigenvalue weighted by molar-refractivity contribution is -0.152. The molecule has 0 aliphatic carbocycles. The molecular weight excluding hydrogens is 378 g/mol. The van der Waals surface area contributed by atoms with Crippen LogP contribution in [0.3, 0.4) is 0 Å². The van der Waals surface area contributed by atoms with E-state index in [9.17, 15) is 9.59 Å². The molecule has 2 aromatic carbocycles. The van der Waals surface area contributed by atoms with Gasteiger partial charge in [0.25, 0.3) is 5.91 Å². The number of anilines is 1. The van der Waals surface area contributed by atoms with Gasteiger partial charge in [-0.3, -0.25) is 9.59 Å². The number of ether oxygens (including phenoxy) is 1. The molecule has 3 rings (SSSR count). The molecule has 0 saturated heterocycles. The van der Waals surface area contributed by atoms with Crippen molar-refractivity contribution in [2.24, 2.45) is 0 Å². The number of amides is 1. The third-order valence-corrected chi connectivity index (χ3v) is 5.64. The number of nitrogens with one attached hydrogen (secondary N) is 1. The number of carbonyl (C=O) groups is 2. The van der Waals surface area contributed by atoms with Crippen LogP contribution in [0.15, 0.2) is 47.1 Å². The largest absolute Gasteiger partial charge is 0.464 e. The van der Waals surface area contributed by atoms with Gasteiger partial charge in [0.1, 0.15) is 5.58 Å². The highest BCUT2D eigenvalue weighted by molar-refractivity contribution is 5.96. The van der Waals surface area contributed by atoms with Gasteiger partial charge in [0.05, 0.1) is 12.7 Å². The van der Waals surface area contributed by atoms with E-state index in [1.807, 2.05) is 50.2 Å². The molecule has 5 heteroatoms. The van der Waals surface area contributed by atoms with Gasteiger partial charge in [-0.1, -0.05) is 32.0 Å². The standard InChI is InChI=1S/C25H29NO4/c1-6-15(2)20-9-7-8-10-22(20)26-25(28)18(5)30-24(27)13-19-14-29-23-12-17(4)16(3)11-21(19)23/h7-12,14-15,18H,6,13H2,1-5H3,(H,26,28)/t15-,18-/m1/s1. The Morgan fingerprint density at radius 2 is 1.80 bits per heavy atom. The molecule has 0 aliphatic rings. The molecule has 0 fully saturated rings. The fourth-order valence-corrected chi connectivity index (χ4v) is 3.42. The summed E-state index contributed by atoms with van der Waals surface area (Å²) < 4.78 is 11.0. The number of benzene rings is 2. The maximum absolute atomic E-state index is 12.6. The minimum atomic E-state index is -0.898. The molecule has 0 bridgehead atoms. The molecule has 1 aromatic heterocycles. The summed E-state index contributed by atoms with van der Waals surface area (Å²) in [6, 6.07) is 11.7. The van der Waals surface area contributed by atoms with Crippen LogP contribution in [-0.4, -0.2) is 18.0 Å². The highest BCUT2D eigenvalue weighted by Gasteiger charge is 2.21. The SMILES string of the molecule is CC[C@@H](C)c1ccccc1NC(=O)[C@@H](C)OC(=O)Cc1coc2cc(C)c(C)cc12. The summed E-state index contributed by atoms with van der Waals surface area (Å²) >= 11 is 0. The fourth-order valence-electron chi connectivity index (χ4n) is 3.42. The Morgan fingerprint density at radius 3 is 2.53 bits per heavy atom. The molecule has 5 nitrogen and oxygen atoms in total. The van der Waals surface area contributed by atoms with Gasteiger partial charge in [-0.25, -0.2) is 0 Å². The molecule has 0 saturated carbocycles. The zero-order valence-corrected chi connectivity index (χ0v) is 18.2. The van der Waals surface area contributed by atoms with Crippen molar-refractivity contribution in [2.75, 3.05) is 5.32 Å². The molecule has 1 heterocycles. The molecule has 0 aliphatic heterocycles. The number of carbonyl (C=O) groups excluding carboxylic acids is 2. The van der Waals surface area contributed by atoms with Crippen molar-refractivity contribution in [3.63, 3.8) is 0 Å². The van der Waals surface area contributed by atoms with Gasteiger partial charge in [0, 0.05) is 16.6 Å². The number of furan rings is 1. The number of para-hydroxylation sites is 1. The van der Waals surface area contributed by atoms with Crippen molar-refractivity contribution in [1.82, 2.24) is 0 Å². The molecule has 0 spiro atoms. The monoisotopic (exact) mass is 407 g/mol. The first kappa shape index (κ1) is 21.6. The zero-order chi connectivity index (χ0) is 21.8. The second kappa shape index (κ2) is 9.16. The molecule has 30 heavy (non-hydrogen) atoms. The van der Waals surface area contributed by atoms with Crippen molar-refractivity contribution in [1.29, 1.82) is 0 Å². The lowest BCUT2D eigenvalue weighted by Crippen LogP contribution is -2.30. The van der Waals surface area contributed by atoms with E-state index in [0.717, 1.165) is 45.3 Å². The lowest BCUT2D eigenvalue weighted by atomic mass is 9.97. The number of hydrogen-bond acceptors (Lipinski definition) is 4. The quantitative estimate of drug-likeness (QED) is 0.512. The Morgan fingerprint density at radius 1 is 1.10 bits per heavy atom. The van der Waals surface area contributed by atoms with Crippen LogP contribution in [0.2, 0.25) is 0 Å². The van der Waals surface area contributed by atoms with E-state index in [0.29, 0.717) is 5.92 Å². The summed E-state index contributed by atoms with van der Waals surface area (Å²) in [5, 5.41) is 3.80. The van der Waals surface area contributed by atoms with Crippen LogP contribution in [0.5, 0.6) is 0 Å². The number of rotatable bonds is 7. The smallest absolute Gasteiger partial charge is 0.311 e. The molecule has 0 unspecified atom stereocenters. The van der Waals surface area contributed by atoms with E-state index < -0.39 is 12.1 Å². The average molecular weight is 408 g/mol. The van der Waals surface area contributed by atoms with Crippen LogP contribution in [0.25, 0.3) is 11.0 Å². The van der Waals surface area contributed by atoms with Crippen molar-refractivity contribution < 1.29 is 18.7 Å². The number of aryl methyl sites for hydroxylation is 2. The number of hydrogen-bond donors (Lipinski definition) is 1. The van der Waals surface area contributed by atoms with E-state index in [1.54, 1.807) is 13.2 Å². The number of esters is 1. The Hall–Kier alpha value is -3.08. The van der Waals surface area contributed by atoms with Gasteiger partial charge in [0.15, 0.2) is 6.10 Å². The predicted molar refractivity (Wildman–Crippen MR) is 119 cm³/mol. The third-order valence-electron chi connectivity index (χ3n) is 5.64. The van der Waals surface area contributed by atoms with Gasteiger partial charge in [-0.2, -0.15) is 0 Å². The first-order valence-electron chi connectivity index (χ1n) is 10.4. The summed E-state index contributed by atoms with van der Waals surface area (Å²) in [6.45, 7) is 9.85. The minimum absolute atomic E-state index is 0.0522. The summed E-state index contributed by atoms with van der Waals surface area (Å²) in [5.74, 6) is -0.489. The molecule has 2 atom stereocenters. The van der Waals surface area contributed by atoms with Gasteiger partial charge in [0.2, 0.25) is 0 Å². The van der Waals surface area contributed by atoms with Crippen LogP contribution < -0.4 is 5.32 Å². The second-order valence-electron chi connectivity index (χ2n) is 7.89. The Bertz CT molecular complexity index is 1070. The second-order valence-corrected chi connectivity index (χ2v) is 7.89. The molecule has 1 N–H and O–H groups in total. The summed E-state index contributed by atoms with van der Waals surface area (Å²) in [4.78, 5) is 25.1. The van der Waals surface area contributed by atoms with Crippen molar-refractivity contribution >= 4 is 28.5 Å². The predicted octanol–water partition coefficient (Wildman–Crippen LogP) is 5.68. The Labute approximate surface area is 177 Å². The molecule has 0 radical (unpaired) electrons. The normalized spacial score (nSPS) is 13.1. The highest BCUT2D eigenvalue weighted by Crippen LogP contribution is 2.27. The summed E-state index contributed by atoms with van der Waals surface area (Å²) in [6.07, 6.45) is 1.70. The van der Waals surface area contributed by atoms with Crippen molar-refractivity contribution in [2.45, 2.75) is 59.5 Å². The van der Waals surface area contributed by atoms with E-state index in [-0.39, 0.29) is 12.3 Å². The first-order chi connectivity index (χ1) is 14.3. The molecule has 3 aromatic rings. The van der Waals surface area contributed by atoms with E-state index in [2.05, 4.69) is 19.2 Å². The van der Waals surface area contributed by atoms with Crippen LogP contribution in [-0.2, 0) is 20.7 Å². The summed E-state index contributed by atoms with van der Waals surface area (Å²) in [7, 11) is 0. The fraction of sp³-hybridized carbons (Fsp3) is 0.360. The third kappa shape index (κ3) is 4.73. The van der Waals surface area contributed by atoms with Gasteiger partial charge in [-0.05, 0) is 68.0 Å². The van der Waals surface area contributed by atoms with Gasteiger partial charge < -0.3 is 14.5 Å². The Kier molecular flexibility index (Phi) is 6.60. The van der Waals surface area contributed by atoms with E-state index >= 15 is 0 Å². The molecule has 158 valence electrons. The Balaban J connectivity index is 1.65. The van der Waals surface area contributed by atoms with Crippen molar-refractivity contribution in [3.05, 3.63) is 64.9 Å². The lowest BCUT2D eigenvalue weighted by Gasteiger charge is -2.18. The first-order valence-corrected chi connectivity index (χ1v) is 10.4. The van der Waals surface area contributed by atoms with Crippen LogP contribution >= 0.6 is 0 Å². The van der Waals surface area contributed by atoms with Gasteiger partial charge >= 0.3 is 5.97 Å². The maximum atomic E-state index is 12.6. The zero-order valence-electron chi connectivity index (χ0n) is 18.2. The van der Waals surface area contributed by atoms with E-state index in [4.69, 9.17) is 9.15 Å². The minimum Gasteiger partial charge on any atom is -0.464 e.